The summed E-state index contributed by atoms with van der Waals surface area (Å²) in [5.41, 5.74) is 4.57. The van der Waals surface area contributed by atoms with Crippen LogP contribution >= 0.6 is 12.4 Å². The number of ether oxygens (including phenoxy) is 1. The molecule has 0 fully saturated rings. The number of hydrogen-bond donors (Lipinski definition) is 2. The number of phenols is 2. The van der Waals surface area contributed by atoms with Gasteiger partial charge in [-0.25, -0.2) is 0 Å². The molecule has 4 aromatic carbocycles. The van der Waals surface area contributed by atoms with Crippen molar-refractivity contribution in [3.63, 3.8) is 0 Å². The highest BCUT2D eigenvalue weighted by Gasteiger charge is 2.12. The van der Waals surface area contributed by atoms with Gasteiger partial charge in [-0.05, 0) is 108 Å². The van der Waals surface area contributed by atoms with Crippen molar-refractivity contribution in [2.75, 3.05) is 26.2 Å². The number of rotatable bonds is 14. The summed E-state index contributed by atoms with van der Waals surface area (Å²) < 4.78 is 6.08. The lowest BCUT2D eigenvalue weighted by atomic mass is 9.90. The van der Waals surface area contributed by atoms with Crippen LogP contribution in [0.2, 0.25) is 0 Å². The lowest BCUT2D eigenvalue weighted by Crippen LogP contribution is -2.28. The normalized spacial score (nSPS) is 11.1. The zero-order chi connectivity index (χ0) is 26.7. The second-order valence-corrected chi connectivity index (χ2v) is 10.1. The zero-order valence-electron chi connectivity index (χ0n) is 23.2. The van der Waals surface area contributed by atoms with E-state index in [1.54, 1.807) is 18.2 Å². The summed E-state index contributed by atoms with van der Waals surface area (Å²) in [4.78, 5) is 2.58. The van der Waals surface area contributed by atoms with Crippen molar-refractivity contribution in [2.45, 2.75) is 52.4 Å². The van der Waals surface area contributed by atoms with Crippen LogP contribution in [0.4, 0.5) is 0 Å². The van der Waals surface area contributed by atoms with E-state index in [0.717, 1.165) is 53.6 Å². The topological polar surface area (TPSA) is 52.9 Å². The van der Waals surface area contributed by atoms with Crippen molar-refractivity contribution in [3.05, 3.63) is 90.0 Å². The van der Waals surface area contributed by atoms with Crippen molar-refractivity contribution < 1.29 is 14.9 Å². The van der Waals surface area contributed by atoms with Crippen LogP contribution in [-0.2, 0) is 6.42 Å². The van der Waals surface area contributed by atoms with Gasteiger partial charge < -0.3 is 19.8 Å². The third-order valence-corrected chi connectivity index (χ3v) is 7.14. The minimum atomic E-state index is 0. The maximum absolute atomic E-state index is 10.0. The first-order chi connectivity index (χ1) is 18.6. The molecule has 0 spiro atoms. The Balaban J connectivity index is 0.00000420. The van der Waals surface area contributed by atoms with Gasteiger partial charge in [0.2, 0.25) is 0 Å². The number of fused-ring (bicyclic) bond motifs is 1. The third-order valence-electron chi connectivity index (χ3n) is 7.14. The number of halogens is 1. The average molecular weight is 548 g/mol. The fourth-order valence-corrected chi connectivity index (χ4v) is 4.97. The number of nitrogens with zero attached hydrogens (tertiary/aromatic N) is 1. The Morgan fingerprint density at radius 3 is 2.00 bits per heavy atom. The molecule has 4 aromatic rings. The Morgan fingerprint density at radius 2 is 1.33 bits per heavy atom. The highest BCUT2D eigenvalue weighted by molar-refractivity contribution is 5.93. The maximum atomic E-state index is 10.0. The van der Waals surface area contributed by atoms with Gasteiger partial charge in [-0.1, -0.05) is 69.2 Å². The monoisotopic (exact) mass is 547 g/mol. The molecule has 4 nitrogen and oxygen atoms in total. The summed E-state index contributed by atoms with van der Waals surface area (Å²) in [5.74, 6) is 1.43. The molecule has 4 rings (SSSR count). The van der Waals surface area contributed by atoms with Gasteiger partial charge >= 0.3 is 0 Å². The quantitative estimate of drug-likeness (QED) is 0.155. The van der Waals surface area contributed by atoms with Gasteiger partial charge in [0.25, 0.3) is 0 Å². The van der Waals surface area contributed by atoms with Gasteiger partial charge in [-0.3, -0.25) is 0 Å². The van der Waals surface area contributed by atoms with Crippen molar-refractivity contribution in [1.29, 1.82) is 0 Å². The molecule has 208 valence electrons. The Hall–Kier alpha value is -3.21. The predicted molar refractivity (Wildman–Crippen MR) is 166 cm³/mol. The minimum Gasteiger partial charge on any atom is -0.508 e. The van der Waals surface area contributed by atoms with Crippen LogP contribution in [0.1, 0.15) is 57.1 Å². The minimum absolute atomic E-state index is 0. The molecular formula is C34H42ClNO3. The van der Waals surface area contributed by atoms with E-state index in [2.05, 4.69) is 49.1 Å². The van der Waals surface area contributed by atoms with Crippen LogP contribution in [0.3, 0.4) is 0 Å². The molecule has 2 N–H and O–H groups in total. The molecule has 0 aliphatic heterocycles. The molecule has 0 bridgehead atoms. The average Bonchev–Trinajstić information content (AvgIpc) is 2.93. The third kappa shape index (κ3) is 8.64. The molecule has 0 radical (unpaired) electrons. The second kappa shape index (κ2) is 15.4. The van der Waals surface area contributed by atoms with Gasteiger partial charge in [0, 0.05) is 6.54 Å². The SMILES string of the molecule is CCCCN(CCCC)CCCOc1ccc(Cc2c(-c3ccc(O)cc3)ccc3cc(O)ccc23)cc1.Cl. The van der Waals surface area contributed by atoms with E-state index in [4.69, 9.17) is 4.74 Å². The van der Waals surface area contributed by atoms with Crippen molar-refractivity contribution in [1.82, 2.24) is 4.90 Å². The van der Waals surface area contributed by atoms with Crippen molar-refractivity contribution in [2.24, 2.45) is 0 Å². The van der Waals surface area contributed by atoms with Crippen LogP contribution in [-0.4, -0.2) is 41.4 Å². The number of benzene rings is 4. The van der Waals surface area contributed by atoms with Crippen LogP contribution in [0.25, 0.3) is 21.9 Å². The first-order valence-electron chi connectivity index (χ1n) is 14.1. The van der Waals surface area contributed by atoms with E-state index in [0.29, 0.717) is 0 Å². The van der Waals surface area contributed by atoms with Gasteiger partial charge in [0.15, 0.2) is 0 Å². The fraction of sp³-hybridized carbons (Fsp3) is 0.353. The van der Waals surface area contributed by atoms with Gasteiger partial charge in [0.1, 0.15) is 17.2 Å². The summed E-state index contributed by atoms with van der Waals surface area (Å²) in [6, 6.07) is 25.5. The van der Waals surface area contributed by atoms with Crippen molar-refractivity contribution in [3.8, 4) is 28.4 Å². The summed E-state index contributed by atoms with van der Waals surface area (Å²) in [6.45, 7) is 8.70. The first-order valence-corrected chi connectivity index (χ1v) is 14.1. The molecular weight excluding hydrogens is 506 g/mol. The Labute approximate surface area is 239 Å². The van der Waals surface area contributed by atoms with E-state index in [9.17, 15) is 10.2 Å². The summed E-state index contributed by atoms with van der Waals surface area (Å²) in [5, 5.41) is 21.9. The molecule has 0 aromatic heterocycles. The van der Waals surface area contributed by atoms with Gasteiger partial charge in [-0.15, -0.1) is 12.4 Å². The molecule has 0 aliphatic rings. The highest BCUT2D eigenvalue weighted by Crippen LogP contribution is 2.34. The Kier molecular flexibility index (Phi) is 12.0. The molecule has 0 atom stereocenters. The summed E-state index contributed by atoms with van der Waals surface area (Å²) >= 11 is 0. The molecule has 0 amide bonds. The van der Waals surface area contributed by atoms with Gasteiger partial charge in [-0.2, -0.15) is 0 Å². The highest BCUT2D eigenvalue weighted by atomic mass is 35.5. The van der Waals surface area contributed by atoms with Crippen LogP contribution in [0.15, 0.2) is 78.9 Å². The molecule has 0 unspecified atom stereocenters. The van der Waals surface area contributed by atoms with E-state index < -0.39 is 0 Å². The molecule has 0 saturated heterocycles. The van der Waals surface area contributed by atoms with E-state index >= 15 is 0 Å². The fourth-order valence-electron chi connectivity index (χ4n) is 4.97. The smallest absolute Gasteiger partial charge is 0.119 e. The molecule has 0 saturated carbocycles. The van der Waals surface area contributed by atoms with E-state index in [-0.39, 0.29) is 23.9 Å². The Morgan fingerprint density at radius 1 is 0.692 bits per heavy atom. The molecule has 5 heteroatoms. The summed E-state index contributed by atoms with van der Waals surface area (Å²) in [6.07, 6.45) is 6.79. The summed E-state index contributed by atoms with van der Waals surface area (Å²) in [7, 11) is 0. The van der Waals surface area contributed by atoms with E-state index in [1.807, 2.05) is 30.3 Å². The predicted octanol–water partition coefficient (Wildman–Crippen LogP) is 8.60. The Bertz CT molecular complexity index is 1280. The van der Waals surface area contributed by atoms with Crippen LogP contribution < -0.4 is 4.74 Å². The maximum Gasteiger partial charge on any atom is 0.119 e. The zero-order valence-corrected chi connectivity index (χ0v) is 24.1. The van der Waals surface area contributed by atoms with Crippen molar-refractivity contribution >= 4 is 23.2 Å². The lowest BCUT2D eigenvalue weighted by molar-refractivity contribution is 0.229. The molecule has 0 aliphatic carbocycles. The molecule has 39 heavy (non-hydrogen) atoms. The second-order valence-electron chi connectivity index (χ2n) is 10.1. The van der Waals surface area contributed by atoms with E-state index in [1.165, 1.54) is 49.9 Å². The number of aromatic hydroxyl groups is 2. The largest absolute Gasteiger partial charge is 0.508 e. The van der Waals surface area contributed by atoms with Gasteiger partial charge in [0.05, 0.1) is 6.61 Å². The molecule has 0 heterocycles. The van der Waals surface area contributed by atoms with Crippen LogP contribution in [0.5, 0.6) is 17.2 Å². The first kappa shape index (κ1) is 30.3. The number of hydrogen-bond acceptors (Lipinski definition) is 4. The lowest BCUT2D eigenvalue weighted by Gasteiger charge is -2.21. The number of phenolic OH excluding ortho intramolecular Hbond substituents is 2. The number of unbranched alkanes of at least 4 members (excludes halogenated alkanes) is 2. The standard InChI is InChI=1S/C34H41NO3.ClH/c1-3-5-20-35(21-6-4-2)22-7-23-38-31-16-8-26(9-17-31)24-34-32(27-10-13-29(36)14-11-27)18-12-28-25-30(37)15-19-33(28)34;/h8-19,25,36-37H,3-7,20-24H2,1-2H3;1H. The van der Waals surface area contributed by atoms with Crippen LogP contribution in [0, 0.1) is 0 Å².